The summed E-state index contributed by atoms with van der Waals surface area (Å²) in [5.41, 5.74) is 0.242. The highest BCUT2D eigenvalue weighted by molar-refractivity contribution is 5.95. The third-order valence-electron chi connectivity index (χ3n) is 4.45. The van der Waals surface area contributed by atoms with Gasteiger partial charge in [0.15, 0.2) is 0 Å². The molecule has 2 amide bonds. The van der Waals surface area contributed by atoms with Crippen molar-refractivity contribution in [3.05, 3.63) is 23.8 Å². The maximum absolute atomic E-state index is 12.6. The van der Waals surface area contributed by atoms with Crippen molar-refractivity contribution in [1.82, 2.24) is 9.80 Å². The number of hydrogen-bond donors (Lipinski definition) is 2. The molecule has 0 aliphatic carbocycles. The molecular weight excluding hydrogens is 312 g/mol. The average molecular weight is 334 g/mol. The van der Waals surface area contributed by atoms with Crippen LogP contribution >= 0.6 is 0 Å². The third-order valence-corrected chi connectivity index (χ3v) is 4.45. The Morgan fingerprint density at radius 3 is 2.29 bits per heavy atom. The largest absolute Gasteiger partial charge is 0.508 e. The molecule has 2 aliphatic heterocycles. The topological polar surface area (TPSA) is 90.3 Å². The molecule has 1 unspecified atom stereocenters. The number of aromatic hydroxyl groups is 2. The Bertz CT molecular complexity index is 607. The predicted molar refractivity (Wildman–Crippen MR) is 85.8 cm³/mol. The molecule has 2 aliphatic rings. The van der Waals surface area contributed by atoms with Gasteiger partial charge >= 0.3 is 0 Å². The van der Waals surface area contributed by atoms with Crippen molar-refractivity contribution >= 4 is 11.8 Å². The highest BCUT2D eigenvalue weighted by atomic mass is 16.5. The van der Waals surface area contributed by atoms with Crippen LogP contribution in [0.3, 0.4) is 0 Å². The summed E-state index contributed by atoms with van der Waals surface area (Å²) in [6.45, 7) is 2.66. The molecule has 1 aromatic rings. The van der Waals surface area contributed by atoms with Crippen molar-refractivity contribution in [2.45, 2.75) is 25.4 Å². The number of hydrogen-bond acceptors (Lipinski definition) is 5. The molecule has 0 saturated carbocycles. The van der Waals surface area contributed by atoms with Gasteiger partial charge in [-0.05, 0) is 31.4 Å². The van der Waals surface area contributed by atoms with E-state index in [0.29, 0.717) is 39.2 Å². The summed E-state index contributed by atoms with van der Waals surface area (Å²) in [6.07, 6.45) is 2.03. The first-order chi connectivity index (χ1) is 11.5. The summed E-state index contributed by atoms with van der Waals surface area (Å²) in [7, 11) is 0. The average Bonchev–Trinajstić information content (AvgIpc) is 2.97. The van der Waals surface area contributed by atoms with Crippen LogP contribution in [-0.2, 0) is 9.53 Å². The summed E-state index contributed by atoms with van der Waals surface area (Å²) >= 11 is 0. The van der Waals surface area contributed by atoms with E-state index >= 15 is 0 Å². The maximum atomic E-state index is 12.6. The molecule has 1 aromatic carbocycles. The first-order valence-electron chi connectivity index (χ1n) is 8.27. The minimum absolute atomic E-state index is 0.0109. The molecule has 0 spiro atoms. The summed E-state index contributed by atoms with van der Waals surface area (Å²) < 4.78 is 5.45. The van der Waals surface area contributed by atoms with E-state index in [-0.39, 0.29) is 35.0 Å². The van der Waals surface area contributed by atoms with Gasteiger partial charge in [0.2, 0.25) is 0 Å². The molecule has 0 bridgehead atoms. The van der Waals surface area contributed by atoms with Gasteiger partial charge in [-0.3, -0.25) is 9.59 Å². The normalized spacial score (nSPS) is 21.6. The Labute approximate surface area is 140 Å². The Morgan fingerprint density at radius 2 is 1.62 bits per heavy atom. The van der Waals surface area contributed by atoms with Crippen LogP contribution in [0.25, 0.3) is 0 Å². The maximum Gasteiger partial charge on any atom is 0.254 e. The number of carbonyl (C=O) groups is 2. The predicted octanol–water partition coefficient (Wildman–Crippen LogP) is 0.951. The highest BCUT2D eigenvalue weighted by Gasteiger charge is 2.30. The molecule has 7 nitrogen and oxygen atoms in total. The van der Waals surface area contributed by atoms with Gasteiger partial charge in [-0.2, -0.15) is 0 Å². The zero-order valence-electron chi connectivity index (χ0n) is 13.5. The standard InChI is InChI=1S/C17H22N2O5/c20-13-9-12(10-14(21)11-13)16(22)18-4-2-5-19(7-6-18)17(23)15-3-1-8-24-15/h9-11,15,20-21H,1-8H2. The van der Waals surface area contributed by atoms with Crippen LogP contribution in [0.15, 0.2) is 18.2 Å². The lowest BCUT2D eigenvalue weighted by Crippen LogP contribution is -2.41. The van der Waals surface area contributed by atoms with Gasteiger partial charge in [0.05, 0.1) is 0 Å². The smallest absolute Gasteiger partial charge is 0.254 e. The molecule has 7 heteroatoms. The van der Waals surface area contributed by atoms with Crippen LogP contribution in [0.1, 0.15) is 29.6 Å². The Morgan fingerprint density at radius 1 is 0.958 bits per heavy atom. The monoisotopic (exact) mass is 334 g/mol. The quantitative estimate of drug-likeness (QED) is 0.840. The number of phenolic OH excluding ortho intramolecular Hbond substituents is 2. The summed E-state index contributed by atoms with van der Waals surface area (Å²) in [5, 5.41) is 19.1. The van der Waals surface area contributed by atoms with Crippen molar-refractivity contribution < 1.29 is 24.5 Å². The Hall–Kier alpha value is -2.28. The number of amides is 2. The minimum Gasteiger partial charge on any atom is -0.508 e. The molecule has 2 N–H and O–H groups in total. The van der Waals surface area contributed by atoms with Crippen molar-refractivity contribution in [3.63, 3.8) is 0 Å². The van der Waals surface area contributed by atoms with E-state index in [2.05, 4.69) is 0 Å². The summed E-state index contributed by atoms with van der Waals surface area (Å²) in [4.78, 5) is 28.4. The van der Waals surface area contributed by atoms with Crippen molar-refractivity contribution in [1.29, 1.82) is 0 Å². The summed E-state index contributed by atoms with van der Waals surface area (Å²) in [5.74, 6) is -0.545. The molecule has 130 valence electrons. The minimum atomic E-state index is -0.338. The fourth-order valence-corrected chi connectivity index (χ4v) is 3.22. The lowest BCUT2D eigenvalue weighted by atomic mass is 10.1. The van der Waals surface area contributed by atoms with Crippen LogP contribution < -0.4 is 0 Å². The van der Waals surface area contributed by atoms with Crippen LogP contribution in [0, 0.1) is 0 Å². The first-order valence-corrected chi connectivity index (χ1v) is 8.27. The fraction of sp³-hybridized carbons (Fsp3) is 0.529. The van der Waals surface area contributed by atoms with Crippen LogP contribution in [0.2, 0.25) is 0 Å². The molecular formula is C17H22N2O5. The van der Waals surface area contributed by atoms with Gasteiger partial charge in [-0.15, -0.1) is 0 Å². The second-order valence-electron chi connectivity index (χ2n) is 6.21. The van der Waals surface area contributed by atoms with E-state index in [1.54, 1.807) is 9.80 Å². The second-order valence-corrected chi connectivity index (χ2v) is 6.21. The highest BCUT2D eigenvalue weighted by Crippen LogP contribution is 2.22. The lowest BCUT2D eigenvalue weighted by molar-refractivity contribution is -0.140. The molecule has 2 saturated heterocycles. The number of nitrogens with zero attached hydrogens (tertiary/aromatic N) is 2. The number of phenols is 2. The summed E-state index contributed by atoms with van der Waals surface area (Å²) in [6, 6.07) is 3.85. The van der Waals surface area contributed by atoms with E-state index in [1.807, 2.05) is 0 Å². The fourth-order valence-electron chi connectivity index (χ4n) is 3.22. The number of carbonyl (C=O) groups excluding carboxylic acids is 2. The number of benzene rings is 1. The van der Waals surface area contributed by atoms with Gasteiger partial charge in [-0.1, -0.05) is 0 Å². The van der Waals surface area contributed by atoms with Gasteiger partial charge in [0, 0.05) is 44.4 Å². The van der Waals surface area contributed by atoms with E-state index in [9.17, 15) is 19.8 Å². The van der Waals surface area contributed by atoms with E-state index in [0.717, 1.165) is 12.8 Å². The molecule has 2 fully saturated rings. The lowest BCUT2D eigenvalue weighted by Gasteiger charge is -2.24. The SMILES string of the molecule is O=C(c1cc(O)cc(O)c1)N1CCCN(C(=O)C2CCCO2)CC1. The molecule has 1 atom stereocenters. The second kappa shape index (κ2) is 7.09. The van der Waals surface area contributed by atoms with Gasteiger partial charge in [0.25, 0.3) is 11.8 Å². The van der Waals surface area contributed by atoms with Crippen LogP contribution in [0.5, 0.6) is 11.5 Å². The van der Waals surface area contributed by atoms with E-state index < -0.39 is 0 Å². The zero-order chi connectivity index (χ0) is 17.1. The zero-order valence-corrected chi connectivity index (χ0v) is 13.5. The molecule has 2 heterocycles. The Balaban J connectivity index is 1.64. The molecule has 0 radical (unpaired) electrons. The van der Waals surface area contributed by atoms with Gasteiger partial charge < -0.3 is 24.7 Å². The molecule has 3 rings (SSSR count). The third kappa shape index (κ3) is 3.62. The molecule has 24 heavy (non-hydrogen) atoms. The van der Waals surface area contributed by atoms with E-state index in [4.69, 9.17) is 4.74 Å². The van der Waals surface area contributed by atoms with E-state index in [1.165, 1.54) is 18.2 Å². The Kier molecular flexibility index (Phi) is 4.89. The van der Waals surface area contributed by atoms with Crippen molar-refractivity contribution in [2.75, 3.05) is 32.8 Å². The number of ether oxygens (including phenoxy) is 1. The van der Waals surface area contributed by atoms with Gasteiger partial charge in [0.1, 0.15) is 17.6 Å². The van der Waals surface area contributed by atoms with Gasteiger partial charge in [-0.25, -0.2) is 0 Å². The van der Waals surface area contributed by atoms with Crippen molar-refractivity contribution in [2.24, 2.45) is 0 Å². The molecule has 0 aromatic heterocycles. The van der Waals surface area contributed by atoms with Crippen LogP contribution in [0.4, 0.5) is 0 Å². The number of rotatable bonds is 2. The van der Waals surface area contributed by atoms with Crippen LogP contribution in [-0.4, -0.2) is 70.7 Å². The van der Waals surface area contributed by atoms with Crippen molar-refractivity contribution in [3.8, 4) is 11.5 Å². The first kappa shape index (κ1) is 16.6.